The molecule has 5 heteroatoms. The maximum Gasteiger partial charge on any atom is 0.168 e. The van der Waals surface area contributed by atoms with Gasteiger partial charge in [0, 0.05) is 12.0 Å². The van der Waals surface area contributed by atoms with Crippen LogP contribution in [0.4, 0.5) is 0 Å². The van der Waals surface area contributed by atoms with Crippen LogP contribution >= 0.6 is 0 Å². The molecule has 0 spiro atoms. The maximum atomic E-state index is 10.7. The molecule has 0 amide bonds. The van der Waals surface area contributed by atoms with Crippen molar-refractivity contribution in [3.8, 4) is 5.75 Å². The van der Waals surface area contributed by atoms with Gasteiger partial charge in [0.2, 0.25) is 0 Å². The van der Waals surface area contributed by atoms with E-state index in [9.17, 15) is 4.79 Å². The number of nitrogens with zero attached hydrogens (tertiary/aromatic N) is 1. The molecule has 22 heavy (non-hydrogen) atoms. The maximum absolute atomic E-state index is 10.7. The fourth-order valence-electron chi connectivity index (χ4n) is 2.46. The first-order valence-corrected chi connectivity index (χ1v) is 7.57. The predicted molar refractivity (Wildman–Crippen MR) is 82.2 cm³/mol. The molecule has 2 heterocycles. The van der Waals surface area contributed by atoms with E-state index in [0.717, 1.165) is 48.8 Å². The highest BCUT2D eigenvalue weighted by Gasteiger charge is 2.13. The summed E-state index contributed by atoms with van der Waals surface area (Å²) >= 11 is 0. The monoisotopic (exact) mass is 301 g/mol. The van der Waals surface area contributed by atoms with Crippen molar-refractivity contribution < 1.29 is 19.0 Å². The first-order valence-electron chi connectivity index (χ1n) is 7.57. The number of benzene rings is 1. The minimum atomic E-state index is -0.0834. The van der Waals surface area contributed by atoms with Gasteiger partial charge in [-0.15, -0.1) is 0 Å². The van der Waals surface area contributed by atoms with E-state index in [1.165, 1.54) is 0 Å². The SMILES string of the molecule is O=Cc1ccc2cc(OCCOC3CCCCO3)ccc2n1. The van der Waals surface area contributed by atoms with Gasteiger partial charge in [-0.1, -0.05) is 6.07 Å². The molecule has 1 fully saturated rings. The lowest BCUT2D eigenvalue weighted by Gasteiger charge is -2.22. The Kier molecular flexibility index (Phi) is 4.98. The summed E-state index contributed by atoms with van der Waals surface area (Å²) in [5.74, 6) is 0.765. The highest BCUT2D eigenvalue weighted by molar-refractivity contribution is 5.84. The second-order valence-electron chi connectivity index (χ2n) is 5.22. The van der Waals surface area contributed by atoms with Crippen molar-refractivity contribution in [3.63, 3.8) is 0 Å². The Bertz CT molecular complexity index is 638. The van der Waals surface area contributed by atoms with Crippen LogP contribution in [0.3, 0.4) is 0 Å². The molecular formula is C17H19NO4. The molecule has 0 saturated carbocycles. The van der Waals surface area contributed by atoms with Crippen molar-refractivity contribution in [1.29, 1.82) is 0 Å². The molecule has 3 rings (SSSR count). The molecule has 1 saturated heterocycles. The van der Waals surface area contributed by atoms with Crippen LogP contribution in [0.5, 0.6) is 5.75 Å². The standard InChI is InChI=1S/C17H19NO4/c19-12-14-5-4-13-11-15(6-7-16(13)18-14)20-9-10-22-17-3-1-2-8-21-17/h4-7,11-12,17H,1-3,8-10H2. The lowest BCUT2D eigenvalue weighted by molar-refractivity contribution is -0.165. The normalized spacial score (nSPS) is 18.3. The topological polar surface area (TPSA) is 57.7 Å². The molecule has 0 bridgehead atoms. The van der Waals surface area contributed by atoms with Gasteiger partial charge < -0.3 is 14.2 Å². The number of aldehydes is 1. The first-order chi connectivity index (χ1) is 10.8. The van der Waals surface area contributed by atoms with E-state index in [2.05, 4.69) is 4.98 Å². The zero-order chi connectivity index (χ0) is 15.2. The summed E-state index contributed by atoms with van der Waals surface area (Å²) in [6.07, 6.45) is 3.90. The third-order valence-corrected chi connectivity index (χ3v) is 3.60. The largest absolute Gasteiger partial charge is 0.491 e. The summed E-state index contributed by atoms with van der Waals surface area (Å²) in [6.45, 7) is 1.77. The Labute approximate surface area is 129 Å². The zero-order valence-corrected chi connectivity index (χ0v) is 12.4. The molecule has 1 unspecified atom stereocenters. The van der Waals surface area contributed by atoms with Gasteiger partial charge in [0.15, 0.2) is 12.6 Å². The van der Waals surface area contributed by atoms with Gasteiger partial charge >= 0.3 is 0 Å². The molecule has 1 aromatic heterocycles. The number of carbonyl (C=O) groups is 1. The van der Waals surface area contributed by atoms with Gasteiger partial charge in [-0.3, -0.25) is 4.79 Å². The van der Waals surface area contributed by atoms with Crippen LogP contribution in [0.25, 0.3) is 10.9 Å². The molecule has 0 aliphatic carbocycles. The van der Waals surface area contributed by atoms with Crippen LogP contribution in [0.1, 0.15) is 29.8 Å². The lowest BCUT2D eigenvalue weighted by Crippen LogP contribution is -2.24. The van der Waals surface area contributed by atoms with Crippen LogP contribution in [0.15, 0.2) is 30.3 Å². The van der Waals surface area contributed by atoms with Crippen molar-refractivity contribution >= 4 is 17.2 Å². The van der Waals surface area contributed by atoms with E-state index in [4.69, 9.17) is 14.2 Å². The number of pyridine rings is 1. The van der Waals surface area contributed by atoms with Gasteiger partial charge in [0.1, 0.15) is 18.1 Å². The summed E-state index contributed by atoms with van der Waals surface area (Å²) in [5, 5.41) is 0.944. The van der Waals surface area contributed by atoms with Gasteiger partial charge in [-0.2, -0.15) is 0 Å². The average Bonchev–Trinajstić information content (AvgIpc) is 2.59. The summed E-state index contributed by atoms with van der Waals surface area (Å²) in [5.41, 5.74) is 1.21. The fraction of sp³-hybridized carbons (Fsp3) is 0.412. The van der Waals surface area contributed by atoms with Crippen LogP contribution in [-0.4, -0.2) is 37.4 Å². The Morgan fingerprint density at radius 1 is 1.23 bits per heavy atom. The summed E-state index contributed by atoms with van der Waals surface area (Å²) < 4.78 is 16.8. The molecule has 0 radical (unpaired) electrons. The number of hydrogen-bond acceptors (Lipinski definition) is 5. The first kappa shape index (κ1) is 14.9. The molecule has 1 aromatic carbocycles. The van der Waals surface area contributed by atoms with Crippen LogP contribution in [0.2, 0.25) is 0 Å². The number of hydrogen-bond donors (Lipinski definition) is 0. The second kappa shape index (κ2) is 7.33. The van der Waals surface area contributed by atoms with Crippen LogP contribution in [-0.2, 0) is 9.47 Å². The summed E-state index contributed by atoms with van der Waals surface area (Å²) in [7, 11) is 0. The Morgan fingerprint density at radius 3 is 3.00 bits per heavy atom. The average molecular weight is 301 g/mol. The minimum absolute atomic E-state index is 0.0834. The molecule has 0 N–H and O–H groups in total. The zero-order valence-electron chi connectivity index (χ0n) is 12.4. The van der Waals surface area contributed by atoms with E-state index in [-0.39, 0.29) is 6.29 Å². The Hall–Kier alpha value is -1.98. The van der Waals surface area contributed by atoms with E-state index in [1.54, 1.807) is 6.07 Å². The van der Waals surface area contributed by atoms with Gasteiger partial charge in [-0.25, -0.2) is 4.98 Å². The van der Waals surface area contributed by atoms with Crippen LogP contribution in [0, 0.1) is 0 Å². The number of aromatic nitrogens is 1. The summed E-state index contributed by atoms with van der Waals surface area (Å²) in [4.78, 5) is 14.9. The number of carbonyl (C=O) groups excluding carboxylic acids is 1. The third kappa shape index (κ3) is 3.81. The summed E-state index contributed by atoms with van der Waals surface area (Å²) in [6, 6.07) is 9.17. The molecule has 2 aromatic rings. The fourth-order valence-corrected chi connectivity index (χ4v) is 2.46. The molecule has 116 valence electrons. The van der Waals surface area contributed by atoms with E-state index < -0.39 is 0 Å². The Morgan fingerprint density at radius 2 is 2.18 bits per heavy atom. The number of ether oxygens (including phenoxy) is 3. The Balaban J connectivity index is 1.51. The highest BCUT2D eigenvalue weighted by Crippen LogP contribution is 2.20. The molecule has 1 atom stereocenters. The van der Waals surface area contributed by atoms with Crippen LogP contribution < -0.4 is 4.74 Å². The van der Waals surface area contributed by atoms with Crippen molar-refractivity contribution in [1.82, 2.24) is 4.98 Å². The molecule has 1 aliphatic rings. The van der Waals surface area contributed by atoms with Crippen molar-refractivity contribution in [2.75, 3.05) is 19.8 Å². The number of fused-ring (bicyclic) bond motifs is 1. The molecule has 5 nitrogen and oxygen atoms in total. The van der Waals surface area contributed by atoms with Gasteiger partial charge in [0.05, 0.1) is 12.1 Å². The quantitative estimate of drug-likeness (QED) is 0.606. The van der Waals surface area contributed by atoms with Crippen molar-refractivity contribution in [3.05, 3.63) is 36.0 Å². The smallest absolute Gasteiger partial charge is 0.168 e. The lowest BCUT2D eigenvalue weighted by atomic mass is 10.2. The van der Waals surface area contributed by atoms with Gasteiger partial charge in [-0.05, 0) is 43.5 Å². The van der Waals surface area contributed by atoms with Gasteiger partial charge in [0.25, 0.3) is 0 Å². The molecule has 1 aliphatic heterocycles. The van der Waals surface area contributed by atoms with Crippen molar-refractivity contribution in [2.45, 2.75) is 25.6 Å². The highest BCUT2D eigenvalue weighted by atomic mass is 16.7. The number of rotatable bonds is 6. The predicted octanol–water partition coefficient (Wildman–Crippen LogP) is 2.97. The third-order valence-electron chi connectivity index (χ3n) is 3.60. The van der Waals surface area contributed by atoms with Crippen molar-refractivity contribution in [2.24, 2.45) is 0 Å². The van der Waals surface area contributed by atoms with E-state index in [0.29, 0.717) is 18.9 Å². The van der Waals surface area contributed by atoms with E-state index >= 15 is 0 Å². The molecular weight excluding hydrogens is 282 g/mol. The van der Waals surface area contributed by atoms with E-state index in [1.807, 2.05) is 24.3 Å². The minimum Gasteiger partial charge on any atom is -0.491 e. The second-order valence-corrected chi connectivity index (χ2v) is 5.22.